The Morgan fingerprint density at radius 3 is 2.41 bits per heavy atom. The van der Waals surface area contributed by atoms with Crippen molar-refractivity contribution in [3.63, 3.8) is 0 Å². The predicted octanol–water partition coefficient (Wildman–Crippen LogP) is 4.31. The third-order valence-electron chi connectivity index (χ3n) is 5.01. The van der Waals surface area contributed by atoms with E-state index in [2.05, 4.69) is 26.0 Å². The number of rotatable bonds is 13. The molecule has 0 spiro atoms. The van der Waals surface area contributed by atoms with E-state index in [0.29, 0.717) is 0 Å². The molecule has 0 aromatic rings. The Bertz CT molecular complexity index is 338. The van der Waals surface area contributed by atoms with Crippen molar-refractivity contribution in [1.29, 1.82) is 0 Å². The zero-order valence-electron chi connectivity index (χ0n) is 14.9. The highest BCUT2D eigenvalue weighted by atomic mass is 16.3. The maximum Gasteiger partial charge on any atom is 0.198 e. The van der Waals surface area contributed by atoms with Crippen LogP contribution >= 0.6 is 0 Å². The second kappa shape index (κ2) is 11.8. The SMILES string of the molecule is C/C=C/CCCCCCCCCC1=NCC[N+]1(CC)CCO. The molecule has 0 radical (unpaired) electrons. The van der Waals surface area contributed by atoms with Crippen LogP contribution in [-0.4, -0.2) is 48.2 Å². The molecule has 3 heteroatoms. The van der Waals surface area contributed by atoms with Gasteiger partial charge in [0.25, 0.3) is 0 Å². The van der Waals surface area contributed by atoms with Crippen LogP contribution in [0.5, 0.6) is 0 Å². The summed E-state index contributed by atoms with van der Waals surface area (Å²) in [5.41, 5.74) is 0. The maximum absolute atomic E-state index is 9.31. The first-order chi connectivity index (χ1) is 10.8. The molecule has 3 nitrogen and oxygen atoms in total. The Hall–Kier alpha value is -0.670. The van der Waals surface area contributed by atoms with Crippen LogP contribution in [0.3, 0.4) is 0 Å². The van der Waals surface area contributed by atoms with Crippen molar-refractivity contribution in [3.05, 3.63) is 12.2 Å². The number of amidine groups is 1. The zero-order chi connectivity index (χ0) is 16.1. The van der Waals surface area contributed by atoms with Crippen LogP contribution in [0.1, 0.15) is 71.6 Å². The minimum atomic E-state index is 0.278. The van der Waals surface area contributed by atoms with Gasteiger partial charge in [-0.3, -0.25) is 4.48 Å². The highest BCUT2D eigenvalue weighted by Crippen LogP contribution is 2.19. The lowest BCUT2D eigenvalue weighted by Gasteiger charge is -2.33. The van der Waals surface area contributed by atoms with E-state index in [0.717, 1.165) is 37.1 Å². The van der Waals surface area contributed by atoms with Gasteiger partial charge in [-0.05, 0) is 33.1 Å². The third-order valence-corrected chi connectivity index (χ3v) is 5.01. The summed E-state index contributed by atoms with van der Waals surface area (Å²) in [5.74, 6) is 1.35. The molecule has 0 saturated carbocycles. The summed E-state index contributed by atoms with van der Waals surface area (Å²) in [6.45, 7) is 8.58. The molecule has 1 aliphatic heterocycles. The number of unbranched alkanes of at least 4 members (excludes halogenated alkanes) is 7. The molecule has 1 rings (SSSR count). The van der Waals surface area contributed by atoms with E-state index in [-0.39, 0.29) is 6.61 Å². The van der Waals surface area contributed by atoms with Gasteiger partial charge in [-0.1, -0.05) is 44.3 Å². The number of hydrogen-bond donors (Lipinski definition) is 1. The molecule has 128 valence electrons. The van der Waals surface area contributed by atoms with Crippen molar-refractivity contribution in [3.8, 4) is 0 Å². The van der Waals surface area contributed by atoms with Crippen LogP contribution in [0.25, 0.3) is 0 Å². The molecule has 1 heterocycles. The minimum Gasteiger partial charge on any atom is -0.390 e. The van der Waals surface area contributed by atoms with Gasteiger partial charge in [0.05, 0.1) is 19.7 Å². The van der Waals surface area contributed by atoms with Gasteiger partial charge in [0, 0.05) is 6.42 Å². The van der Waals surface area contributed by atoms with Crippen LogP contribution in [0.4, 0.5) is 0 Å². The highest BCUT2D eigenvalue weighted by molar-refractivity contribution is 5.76. The molecule has 1 atom stereocenters. The number of aliphatic hydroxyl groups is 1. The summed E-state index contributed by atoms with van der Waals surface area (Å²) >= 11 is 0. The van der Waals surface area contributed by atoms with Crippen molar-refractivity contribution in [2.75, 3.05) is 32.8 Å². The second-order valence-electron chi connectivity index (χ2n) is 6.51. The first kappa shape index (κ1) is 19.4. The summed E-state index contributed by atoms with van der Waals surface area (Å²) in [6, 6.07) is 0. The number of allylic oxidation sites excluding steroid dienone is 2. The highest BCUT2D eigenvalue weighted by Gasteiger charge is 2.35. The van der Waals surface area contributed by atoms with E-state index in [1.54, 1.807) is 0 Å². The van der Waals surface area contributed by atoms with Crippen LogP contribution in [-0.2, 0) is 0 Å². The molecule has 1 unspecified atom stereocenters. The lowest BCUT2D eigenvalue weighted by Crippen LogP contribution is -2.52. The number of aliphatic imine (C=N–C) groups is 1. The summed E-state index contributed by atoms with van der Waals surface area (Å²) < 4.78 is 0.946. The van der Waals surface area contributed by atoms with Crippen molar-refractivity contribution in [2.24, 2.45) is 4.99 Å². The minimum absolute atomic E-state index is 0.278. The van der Waals surface area contributed by atoms with Crippen molar-refractivity contribution < 1.29 is 9.59 Å². The van der Waals surface area contributed by atoms with E-state index < -0.39 is 0 Å². The fourth-order valence-corrected chi connectivity index (χ4v) is 3.49. The zero-order valence-corrected chi connectivity index (χ0v) is 14.9. The number of hydrogen-bond acceptors (Lipinski definition) is 2. The molecule has 0 aromatic carbocycles. The van der Waals surface area contributed by atoms with E-state index in [4.69, 9.17) is 4.99 Å². The molecule has 0 amide bonds. The van der Waals surface area contributed by atoms with Gasteiger partial charge in [0.15, 0.2) is 5.84 Å². The van der Waals surface area contributed by atoms with Crippen LogP contribution in [0, 0.1) is 0 Å². The molecular formula is C19H37N2O+. The molecule has 0 saturated heterocycles. The normalized spacial score (nSPS) is 21.7. The fourth-order valence-electron chi connectivity index (χ4n) is 3.49. The van der Waals surface area contributed by atoms with Crippen LogP contribution in [0.15, 0.2) is 17.1 Å². The van der Waals surface area contributed by atoms with E-state index >= 15 is 0 Å². The Labute approximate surface area is 137 Å². The van der Waals surface area contributed by atoms with Gasteiger partial charge < -0.3 is 5.11 Å². The molecular weight excluding hydrogens is 272 g/mol. The quantitative estimate of drug-likeness (QED) is 0.307. The number of nitrogens with zero attached hydrogens (tertiary/aromatic N) is 2. The topological polar surface area (TPSA) is 32.6 Å². The van der Waals surface area contributed by atoms with Gasteiger partial charge in [0.1, 0.15) is 13.1 Å². The van der Waals surface area contributed by atoms with Gasteiger partial charge in [-0.25, -0.2) is 4.99 Å². The first-order valence-electron chi connectivity index (χ1n) is 9.41. The summed E-state index contributed by atoms with van der Waals surface area (Å²) in [4.78, 5) is 4.73. The van der Waals surface area contributed by atoms with E-state index in [1.807, 2.05) is 0 Å². The lowest BCUT2D eigenvalue weighted by molar-refractivity contribution is -0.835. The monoisotopic (exact) mass is 309 g/mol. The van der Waals surface area contributed by atoms with Crippen LogP contribution < -0.4 is 0 Å². The largest absolute Gasteiger partial charge is 0.390 e. The average Bonchev–Trinajstić information content (AvgIpc) is 2.93. The fraction of sp³-hybridized carbons (Fsp3) is 0.842. The Morgan fingerprint density at radius 1 is 1.09 bits per heavy atom. The van der Waals surface area contributed by atoms with Gasteiger partial charge >= 0.3 is 0 Å². The molecule has 22 heavy (non-hydrogen) atoms. The molecule has 1 aliphatic rings. The Morgan fingerprint density at radius 2 is 1.77 bits per heavy atom. The Kier molecular flexibility index (Phi) is 10.4. The summed E-state index contributed by atoms with van der Waals surface area (Å²) in [6.07, 6.45) is 16.3. The first-order valence-corrected chi connectivity index (χ1v) is 9.41. The van der Waals surface area contributed by atoms with E-state index in [9.17, 15) is 5.11 Å². The van der Waals surface area contributed by atoms with Gasteiger partial charge in [-0.2, -0.15) is 0 Å². The number of likely N-dealkylation sites (N-methyl/N-ethyl adjacent to an activating group) is 1. The molecule has 1 N–H and O–H groups in total. The van der Waals surface area contributed by atoms with Gasteiger partial charge in [0.2, 0.25) is 0 Å². The number of quaternary nitrogens is 1. The predicted molar refractivity (Wildman–Crippen MR) is 96.3 cm³/mol. The van der Waals surface area contributed by atoms with E-state index in [1.165, 1.54) is 57.2 Å². The molecule has 0 aromatic heterocycles. The molecule has 0 aliphatic carbocycles. The summed E-state index contributed by atoms with van der Waals surface area (Å²) in [5, 5.41) is 9.31. The van der Waals surface area contributed by atoms with Crippen molar-refractivity contribution >= 4 is 5.84 Å². The third kappa shape index (κ3) is 6.62. The lowest BCUT2D eigenvalue weighted by atomic mass is 10.1. The second-order valence-corrected chi connectivity index (χ2v) is 6.51. The van der Waals surface area contributed by atoms with Crippen molar-refractivity contribution in [1.82, 2.24) is 0 Å². The van der Waals surface area contributed by atoms with Gasteiger partial charge in [-0.15, -0.1) is 0 Å². The Balaban J connectivity index is 2.07. The summed E-state index contributed by atoms with van der Waals surface area (Å²) in [7, 11) is 0. The molecule has 0 bridgehead atoms. The standard InChI is InChI=1S/C19H37N2O/c1-3-5-6-7-8-9-10-11-12-13-14-19-20-15-16-21(19,4-2)17-18-22/h3,5,22H,4,6-18H2,1-2H3/q+1/b5-3+. The van der Waals surface area contributed by atoms with Crippen LogP contribution in [0.2, 0.25) is 0 Å². The maximum atomic E-state index is 9.31. The smallest absolute Gasteiger partial charge is 0.198 e. The molecule has 0 fully saturated rings. The number of aliphatic hydroxyl groups excluding tert-OH is 1. The van der Waals surface area contributed by atoms with Crippen molar-refractivity contribution in [2.45, 2.75) is 71.6 Å². The average molecular weight is 310 g/mol.